The van der Waals surface area contributed by atoms with Gasteiger partial charge in [0.1, 0.15) is 0 Å². The van der Waals surface area contributed by atoms with Crippen LogP contribution in [0.15, 0.2) is 24.3 Å². The van der Waals surface area contributed by atoms with Crippen molar-refractivity contribution in [3.8, 4) is 0 Å². The average Bonchev–Trinajstić information content (AvgIpc) is 2.59. The topological polar surface area (TPSA) is 43.8 Å². The smallest absolute Gasteiger partial charge is 0.0847 e. The van der Waals surface area contributed by atoms with Crippen LogP contribution in [-0.4, -0.2) is 15.8 Å². The van der Waals surface area contributed by atoms with E-state index in [1.54, 1.807) is 0 Å². The summed E-state index contributed by atoms with van der Waals surface area (Å²) in [5, 5.41) is 5.06. The first-order valence-corrected chi connectivity index (χ1v) is 6.85. The van der Waals surface area contributed by atoms with Crippen LogP contribution in [0.3, 0.4) is 0 Å². The summed E-state index contributed by atoms with van der Waals surface area (Å²) in [6, 6.07) is 8.39. The average molecular weight is 278 g/mol. The zero-order chi connectivity index (χ0) is 14.0. The Morgan fingerprint density at radius 3 is 2.53 bits per heavy atom. The molecule has 0 aliphatic heterocycles. The molecule has 19 heavy (non-hydrogen) atoms. The summed E-state index contributed by atoms with van der Waals surface area (Å²) in [5.74, 6) is 0. The molecule has 3 nitrogen and oxygen atoms in total. The Hall–Kier alpha value is -1.32. The Morgan fingerprint density at radius 2 is 1.95 bits per heavy atom. The molecule has 1 aromatic heterocycles. The van der Waals surface area contributed by atoms with Gasteiger partial charge in [-0.05, 0) is 31.4 Å². The van der Waals surface area contributed by atoms with E-state index in [1.807, 2.05) is 24.7 Å². The Kier molecular flexibility index (Phi) is 4.27. The number of benzene rings is 1. The Balaban J connectivity index is 2.10. The van der Waals surface area contributed by atoms with Crippen LogP contribution in [0.4, 0.5) is 0 Å². The minimum absolute atomic E-state index is 0.0494. The molecule has 1 atom stereocenters. The van der Waals surface area contributed by atoms with Crippen LogP contribution in [0.2, 0.25) is 5.02 Å². The third-order valence-corrected chi connectivity index (χ3v) is 3.95. The minimum atomic E-state index is 0.0494. The maximum Gasteiger partial charge on any atom is 0.0847 e. The predicted octanol–water partition coefficient (Wildman–Crippen LogP) is 2.80. The molecule has 0 saturated heterocycles. The van der Waals surface area contributed by atoms with Gasteiger partial charge in [0.25, 0.3) is 0 Å². The summed E-state index contributed by atoms with van der Waals surface area (Å²) in [6.45, 7) is 4.03. The molecular formula is C15H20ClN3. The van der Waals surface area contributed by atoms with Crippen molar-refractivity contribution in [1.29, 1.82) is 0 Å². The molecule has 2 aromatic rings. The van der Waals surface area contributed by atoms with Gasteiger partial charge in [0.15, 0.2) is 0 Å². The zero-order valence-electron chi connectivity index (χ0n) is 11.7. The molecule has 0 amide bonds. The molecular weight excluding hydrogens is 258 g/mol. The van der Waals surface area contributed by atoms with E-state index in [1.165, 1.54) is 11.1 Å². The number of nitrogens with zero attached hydrogens (tertiary/aromatic N) is 2. The van der Waals surface area contributed by atoms with Crippen LogP contribution in [0, 0.1) is 13.8 Å². The number of hydrogen-bond donors (Lipinski definition) is 1. The van der Waals surface area contributed by atoms with E-state index in [0.717, 1.165) is 29.3 Å². The van der Waals surface area contributed by atoms with Crippen LogP contribution < -0.4 is 5.73 Å². The molecule has 2 N–H and O–H groups in total. The standard InChI is InChI=1S/C15H20ClN3/c1-10-6-4-5-7-12(10)8-13(17)9-14-15(16)11(2)18-19(14)3/h4-7,13H,8-9,17H2,1-3H3. The quantitative estimate of drug-likeness (QED) is 0.934. The van der Waals surface area contributed by atoms with E-state index in [0.29, 0.717) is 0 Å². The van der Waals surface area contributed by atoms with Gasteiger partial charge in [-0.1, -0.05) is 35.9 Å². The lowest BCUT2D eigenvalue weighted by Crippen LogP contribution is -2.27. The second kappa shape index (κ2) is 5.76. The van der Waals surface area contributed by atoms with Crippen LogP contribution in [0.25, 0.3) is 0 Å². The molecule has 2 rings (SSSR count). The molecule has 102 valence electrons. The van der Waals surface area contributed by atoms with Crippen LogP contribution in [0.5, 0.6) is 0 Å². The third-order valence-electron chi connectivity index (χ3n) is 3.46. The number of nitrogens with two attached hydrogens (primary N) is 1. The summed E-state index contributed by atoms with van der Waals surface area (Å²) < 4.78 is 1.83. The van der Waals surface area contributed by atoms with Crippen LogP contribution in [0.1, 0.15) is 22.5 Å². The Bertz CT molecular complexity index is 575. The van der Waals surface area contributed by atoms with E-state index < -0.39 is 0 Å². The predicted molar refractivity (Wildman–Crippen MR) is 79.5 cm³/mol. The lowest BCUT2D eigenvalue weighted by Gasteiger charge is -2.14. The number of aryl methyl sites for hydroxylation is 3. The summed E-state index contributed by atoms with van der Waals surface area (Å²) in [4.78, 5) is 0. The first-order valence-electron chi connectivity index (χ1n) is 6.47. The molecule has 4 heteroatoms. The van der Waals surface area contributed by atoms with Crippen molar-refractivity contribution in [2.24, 2.45) is 12.8 Å². The van der Waals surface area contributed by atoms with Crippen molar-refractivity contribution in [3.63, 3.8) is 0 Å². The summed E-state index contributed by atoms with van der Waals surface area (Å²) in [5.41, 5.74) is 10.7. The first kappa shape index (κ1) is 14.1. The highest BCUT2D eigenvalue weighted by Crippen LogP contribution is 2.21. The molecule has 1 aromatic carbocycles. The van der Waals surface area contributed by atoms with Crippen LogP contribution >= 0.6 is 11.6 Å². The second-order valence-electron chi connectivity index (χ2n) is 5.06. The van der Waals surface area contributed by atoms with Crippen molar-refractivity contribution < 1.29 is 0 Å². The molecule has 1 unspecified atom stereocenters. The van der Waals surface area contributed by atoms with Crippen molar-refractivity contribution in [1.82, 2.24) is 9.78 Å². The van der Waals surface area contributed by atoms with Gasteiger partial charge in [0.05, 0.1) is 16.4 Å². The van der Waals surface area contributed by atoms with Crippen molar-refractivity contribution in [2.45, 2.75) is 32.7 Å². The lowest BCUT2D eigenvalue weighted by molar-refractivity contribution is 0.611. The lowest BCUT2D eigenvalue weighted by atomic mass is 9.99. The summed E-state index contributed by atoms with van der Waals surface area (Å²) in [6.07, 6.45) is 1.59. The van der Waals surface area contributed by atoms with Crippen molar-refractivity contribution in [2.75, 3.05) is 0 Å². The molecule has 0 aliphatic rings. The fraction of sp³-hybridized carbons (Fsp3) is 0.400. The first-order chi connectivity index (χ1) is 8.99. The fourth-order valence-electron chi connectivity index (χ4n) is 2.34. The Labute approximate surface area is 119 Å². The van der Waals surface area contributed by atoms with Gasteiger partial charge >= 0.3 is 0 Å². The molecule has 0 aliphatic carbocycles. The molecule has 1 heterocycles. The van der Waals surface area contributed by atoms with Crippen molar-refractivity contribution in [3.05, 3.63) is 51.8 Å². The monoisotopic (exact) mass is 277 g/mol. The largest absolute Gasteiger partial charge is 0.327 e. The highest BCUT2D eigenvalue weighted by molar-refractivity contribution is 6.31. The van der Waals surface area contributed by atoms with Crippen LogP contribution in [-0.2, 0) is 19.9 Å². The van der Waals surface area contributed by atoms with Gasteiger partial charge < -0.3 is 5.73 Å². The van der Waals surface area contributed by atoms with E-state index in [-0.39, 0.29) is 6.04 Å². The van der Waals surface area contributed by atoms with Gasteiger partial charge in [-0.2, -0.15) is 5.10 Å². The Morgan fingerprint density at radius 1 is 1.26 bits per heavy atom. The van der Waals surface area contributed by atoms with Gasteiger partial charge in [0.2, 0.25) is 0 Å². The van der Waals surface area contributed by atoms with Gasteiger partial charge in [-0.15, -0.1) is 0 Å². The minimum Gasteiger partial charge on any atom is -0.327 e. The van der Waals surface area contributed by atoms with Gasteiger partial charge in [-0.25, -0.2) is 0 Å². The summed E-state index contributed by atoms with van der Waals surface area (Å²) in [7, 11) is 1.91. The van der Waals surface area contributed by atoms with E-state index >= 15 is 0 Å². The molecule has 0 spiro atoms. The normalized spacial score (nSPS) is 12.7. The number of halogens is 1. The SMILES string of the molecule is Cc1ccccc1CC(N)Cc1c(Cl)c(C)nn1C. The second-order valence-corrected chi connectivity index (χ2v) is 5.44. The zero-order valence-corrected chi connectivity index (χ0v) is 12.4. The van der Waals surface area contributed by atoms with Gasteiger partial charge in [0, 0.05) is 19.5 Å². The van der Waals surface area contributed by atoms with E-state index in [4.69, 9.17) is 17.3 Å². The number of aromatic nitrogens is 2. The van der Waals surface area contributed by atoms with E-state index in [9.17, 15) is 0 Å². The highest BCUT2D eigenvalue weighted by atomic mass is 35.5. The van der Waals surface area contributed by atoms with Gasteiger partial charge in [-0.3, -0.25) is 4.68 Å². The molecule has 0 saturated carbocycles. The maximum absolute atomic E-state index is 6.25. The molecule has 0 radical (unpaired) electrons. The van der Waals surface area contributed by atoms with Crippen molar-refractivity contribution >= 4 is 11.6 Å². The fourth-order valence-corrected chi connectivity index (χ4v) is 2.58. The molecule has 0 bridgehead atoms. The van der Waals surface area contributed by atoms with E-state index in [2.05, 4.69) is 30.2 Å². The molecule has 0 fully saturated rings. The number of hydrogen-bond acceptors (Lipinski definition) is 2. The number of rotatable bonds is 4. The third kappa shape index (κ3) is 3.17. The maximum atomic E-state index is 6.25. The highest BCUT2D eigenvalue weighted by Gasteiger charge is 2.15. The summed E-state index contributed by atoms with van der Waals surface area (Å²) >= 11 is 6.25.